The minimum atomic E-state index is -0.423. The average Bonchev–Trinajstić information content (AvgIpc) is 2.37. The van der Waals surface area contributed by atoms with Crippen molar-refractivity contribution in [3.05, 3.63) is 29.6 Å². The van der Waals surface area contributed by atoms with Crippen LogP contribution in [0.5, 0.6) is 5.75 Å². The summed E-state index contributed by atoms with van der Waals surface area (Å²) in [6.07, 6.45) is 0.396. The van der Waals surface area contributed by atoms with E-state index in [1.807, 2.05) is 20.8 Å². The molecule has 1 N–H and O–H groups in total. The van der Waals surface area contributed by atoms with Crippen LogP contribution in [0.25, 0.3) is 0 Å². The molecular formula is C16H21FO3. The standard InChI is InChI=1S/C16H21FO3/c1-16(2,3)20-11-10-19-15-12-13(6-4-5-9-18)7-8-14(15)17/h7-8,12,18H,5,9-11H2,1-3H3. The fourth-order valence-corrected chi connectivity index (χ4v) is 1.41. The lowest BCUT2D eigenvalue weighted by molar-refractivity contribution is -0.0166. The number of hydrogen-bond donors (Lipinski definition) is 1. The largest absolute Gasteiger partial charge is 0.488 e. The van der Waals surface area contributed by atoms with Crippen LogP contribution in [-0.4, -0.2) is 30.5 Å². The SMILES string of the molecule is CC(C)(C)OCCOc1cc(C#CCCO)ccc1F. The highest BCUT2D eigenvalue weighted by atomic mass is 19.1. The maximum Gasteiger partial charge on any atom is 0.165 e. The van der Waals surface area contributed by atoms with E-state index in [-0.39, 0.29) is 24.6 Å². The zero-order valence-electron chi connectivity index (χ0n) is 12.2. The summed E-state index contributed by atoms with van der Waals surface area (Å²) in [4.78, 5) is 0. The molecule has 0 amide bonds. The molecule has 0 spiro atoms. The highest BCUT2D eigenvalue weighted by Gasteiger charge is 2.10. The van der Waals surface area contributed by atoms with Crippen molar-refractivity contribution < 1.29 is 19.0 Å². The number of hydrogen-bond acceptors (Lipinski definition) is 3. The molecule has 1 rings (SSSR count). The molecule has 0 aliphatic rings. The second kappa shape index (κ2) is 7.88. The molecule has 4 heteroatoms. The van der Waals surface area contributed by atoms with Crippen LogP contribution in [0, 0.1) is 17.7 Å². The van der Waals surface area contributed by atoms with Crippen molar-refractivity contribution in [2.75, 3.05) is 19.8 Å². The fourth-order valence-electron chi connectivity index (χ4n) is 1.41. The molecule has 0 bridgehead atoms. The summed E-state index contributed by atoms with van der Waals surface area (Å²) >= 11 is 0. The van der Waals surface area contributed by atoms with Crippen molar-refractivity contribution in [1.29, 1.82) is 0 Å². The topological polar surface area (TPSA) is 38.7 Å². The van der Waals surface area contributed by atoms with Gasteiger partial charge in [0, 0.05) is 12.0 Å². The Hall–Kier alpha value is -1.57. The van der Waals surface area contributed by atoms with E-state index in [4.69, 9.17) is 14.6 Å². The molecule has 0 aromatic heterocycles. The summed E-state index contributed by atoms with van der Waals surface area (Å²) in [5.74, 6) is 5.36. The third-order valence-electron chi connectivity index (χ3n) is 2.28. The molecule has 0 fully saturated rings. The van der Waals surface area contributed by atoms with E-state index < -0.39 is 5.82 Å². The van der Waals surface area contributed by atoms with Crippen LogP contribution >= 0.6 is 0 Å². The van der Waals surface area contributed by atoms with Gasteiger partial charge in [0.15, 0.2) is 11.6 Å². The first-order valence-corrected chi connectivity index (χ1v) is 6.58. The Kier molecular flexibility index (Phi) is 6.50. The first-order valence-electron chi connectivity index (χ1n) is 6.58. The van der Waals surface area contributed by atoms with Crippen LogP contribution in [0.3, 0.4) is 0 Å². The molecule has 0 saturated carbocycles. The quantitative estimate of drug-likeness (QED) is 0.666. The number of halogens is 1. The zero-order valence-corrected chi connectivity index (χ0v) is 12.2. The Morgan fingerprint density at radius 2 is 2.00 bits per heavy atom. The Labute approximate surface area is 119 Å². The van der Waals surface area contributed by atoms with Gasteiger partial charge in [-0.05, 0) is 39.0 Å². The molecule has 0 heterocycles. The van der Waals surface area contributed by atoms with Crippen LogP contribution < -0.4 is 4.74 Å². The first-order chi connectivity index (χ1) is 9.42. The molecule has 0 aliphatic heterocycles. The molecule has 0 atom stereocenters. The Morgan fingerprint density at radius 3 is 2.65 bits per heavy atom. The van der Waals surface area contributed by atoms with Crippen molar-refractivity contribution >= 4 is 0 Å². The van der Waals surface area contributed by atoms with Crippen LogP contribution in [0.15, 0.2) is 18.2 Å². The minimum Gasteiger partial charge on any atom is -0.488 e. The van der Waals surface area contributed by atoms with Gasteiger partial charge in [-0.25, -0.2) is 4.39 Å². The molecule has 0 aliphatic carbocycles. The average molecular weight is 280 g/mol. The van der Waals surface area contributed by atoms with E-state index in [9.17, 15) is 4.39 Å². The van der Waals surface area contributed by atoms with Gasteiger partial charge >= 0.3 is 0 Å². The molecule has 1 aromatic carbocycles. The van der Waals surface area contributed by atoms with Crippen molar-refractivity contribution in [1.82, 2.24) is 0 Å². The Bertz CT molecular complexity index is 481. The van der Waals surface area contributed by atoms with Crippen molar-refractivity contribution in [3.8, 4) is 17.6 Å². The number of rotatable bonds is 5. The molecule has 0 unspecified atom stereocenters. The fraction of sp³-hybridized carbons (Fsp3) is 0.500. The smallest absolute Gasteiger partial charge is 0.165 e. The van der Waals surface area contributed by atoms with Gasteiger partial charge in [0.05, 0.1) is 18.8 Å². The highest BCUT2D eigenvalue weighted by molar-refractivity contribution is 5.40. The van der Waals surface area contributed by atoms with Gasteiger partial charge in [0.25, 0.3) is 0 Å². The summed E-state index contributed by atoms with van der Waals surface area (Å²) < 4.78 is 24.4. The first kappa shape index (κ1) is 16.5. The van der Waals surface area contributed by atoms with Gasteiger partial charge in [-0.15, -0.1) is 0 Å². The second-order valence-electron chi connectivity index (χ2n) is 5.23. The van der Waals surface area contributed by atoms with Crippen LogP contribution in [0.1, 0.15) is 32.8 Å². The van der Waals surface area contributed by atoms with Crippen LogP contribution in [-0.2, 0) is 4.74 Å². The predicted octanol–water partition coefficient (Wildman–Crippen LogP) is 2.75. The summed E-state index contributed by atoms with van der Waals surface area (Å²) in [5.41, 5.74) is 0.422. The minimum absolute atomic E-state index is 0.0156. The monoisotopic (exact) mass is 280 g/mol. The van der Waals surface area contributed by atoms with E-state index in [1.165, 1.54) is 6.07 Å². The number of ether oxygens (including phenoxy) is 2. The highest BCUT2D eigenvalue weighted by Crippen LogP contribution is 2.18. The summed E-state index contributed by atoms with van der Waals surface area (Å²) in [6, 6.07) is 4.46. The number of aliphatic hydroxyl groups excluding tert-OH is 1. The lowest BCUT2D eigenvalue weighted by Crippen LogP contribution is -2.22. The third kappa shape index (κ3) is 6.55. The molecule has 1 aromatic rings. The van der Waals surface area contributed by atoms with Crippen molar-refractivity contribution in [2.24, 2.45) is 0 Å². The van der Waals surface area contributed by atoms with Gasteiger partial charge in [-0.2, -0.15) is 0 Å². The zero-order chi connectivity index (χ0) is 15.0. The normalized spacial score (nSPS) is 10.8. The van der Waals surface area contributed by atoms with E-state index in [0.29, 0.717) is 18.6 Å². The Morgan fingerprint density at radius 1 is 1.25 bits per heavy atom. The number of aliphatic hydroxyl groups is 1. The van der Waals surface area contributed by atoms with Gasteiger partial charge in [0.1, 0.15) is 6.61 Å². The van der Waals surface area contributed by atoms with E-state index in [0.717, 1.165) is 0 Å². The molecule has 3 nitrogen and oxygen atoms in total. The van der Waals surface area contributed by atoms with Gasteiger partial charge in [-0.1, -0.05) is 11.8 Å². The molecular weight excluding hydrogens is 259 g/mol. The lowest BCUT2D eigenvalue weighted by Gasteiger charge is -2.19. The van der Waals surface area contributed by atoms with Crippen molar-refractivity contribution in [2.45, 2.75) is 32.8 Å². The third-order valence-corrected chi connectivity index (χ3v) is 2.28. The predicted molar refractivity (Wildman–Crippen MR) is 76.2 cm³/mol. The van der Waals surface area contributed by atoms with Gasteiger partial charge < -0.3 is 14.6 Å². The molecule has 20 heavy (non-hydrogen) atoms. The second-order valence-corrected chi connectivity index (χ2v) is 5.23. The lowest BCUT2D eigenvalue weighted by atomic mass is 10.2. The Balaban J connectivity index is 2.57. The maximum atomic E-state index is 13.6. The maximum absolute atomic E-state index is 13.6. The van der Waals surface area contributed by atoms with Gasteiger partial charge in [-0.3, -0.25) is 0 Å². The molecule has 0 radical (unpaired) electrons. The summed E-state index contributed by atoms with van der Waals surface area (Å²) in [7, 11) is 0. The summed E-state index contributed by atoms with van der Waals surface area (Å²) in [6.45, 7) is 6.54. The van der Waals surface area contributed by atoms with E-state index >= 15 is 0 Å². The van der Waals surface area contributed by atoms with E-state index in [2.05, 4.69) is 11.8 Å². The molecule has 0 saturated heterocycles. The number of benzene rings is 1. The van der Waals surface area contributed by atoms with Crippen LogP contribution in [0.2, 0.25) is 0 Å². The molecule has 110 valence electrons. The van der Waals surface area contributed by atoms with Crippen LogP contribution in [0.4, 0.5) is 4.39 Å². The van der Waals surface area contributed by atoms with E-state index in [1.54, 1.807) is 12.1 Å². The summed E-state index contributed by atoms with van der Waals surface area (Å²) in [5, 5.41) is 8.65. The van der Waals surface area contributed by atoms with Crippen molar-refractivity contribution in [3.63, 3.8) is 0 Å². The van der Waals surface area contributed by atoms with Gasteiger partial charge in [0.2, 0.25) is 0 Å².